The number of hydrogen-bond acceptors (Lipinski definition) is 3. The Morgan fingerprint density at radius 3 is 2.44 bits per heavy atom. The topological polar surface area (TPSA) is 55.1 Å². The summed E-state index contributed by atoms with van der Waals surface area (Å²) in [7, 11) is 0. The van der Waals surface area contributed by atoms with Crippen LogP contribution in [0.4, 0.5) is 0 Å². The highest BCUT2D eigenvalue weighted by Crippen LogP contribution is 2.22. The van der Waals surface area contributed by atoms with Crippen LogP contribution in [0.1, 0.15) is 31.6 Å². The van der Waals surface area contributed by atoms with Gasteiger partial charge in [-0.1, -0.05) is 13.8 Å². The van der Waals surface area contributed by atoms with Crippen molar-refractivity contribution in [2.24, 2.45) is 5.73 Å². The van der Waals surface area contributed by atoms with Crippen molar-refractivity contribution >= 4 is 45.6 Å². The molecular formula is C12H20BrClN2OS. The molecule has 0 saturated heterocycles. The van der Waals surface area contributed by atoms with E-state index in [1.54, 1.807) is 11.3 Å². The molecule has 3 N–H and O–H groups in total. The van der Waals surface area contributed by atoms with Crippen molar-refractivity contribution in [1.82, 2.24) is 5.32 Å². The van der Waals surface area contributed by atoms with Crippen molar-refractivity contribution in [3.63, 3.8) is 0 Å². The lowest BCUT2D eigenvalue weighted by molar-refractivity contribution is -0.122. The first-order valence-electron chi connectivity index (χ1n) is 5.80. The minimum atomic E-state index is -0.244. The highest BCUT2D eigenvalue weighted by Gasteiger charge is 2.26. The fourth-order valence-corrected chi connectivity index (χ4v) is 3.19. The Bertz CT molecular complexity index is 372. The van der Waals surface area contributed by atoms with E-state index in [1.807, 2.05) is 12.1 Å². The fraction of sp³-hybridized carbons (Fsp3) is 0.583. The number of rotatable bonds is 6. The van der Waals surface area contributed by atoms with E-state index < -0.39 is 0 Å². The molecule has 0 spiro atoms. The van der Waals surface area contributed by atoms with Crippen LogP contribution in [0.25, 0.3) is 0 Å². The van der Waals surface area contributed by atoms with Crippen molar-refractivity contribution in [2.75, 3.05) is 6.54 Å². The van der Waals surface area contributed by atoms with Crippen LogP contribution in [-0.4, -0.2) is 18.0 Å². The average molecular weight is 356 g/mol. The third-order valence-electron chi connectivity index (χ3n) is 3.11. The molecule has 1 aromatic heterocycles. The van der Waals surface area contributed by atoms with E-state index in [4.69, 9.17) is 5.73 Å². The smallest absolute Gasteiger partial charge is 0.225 e. The van der Waals surface area contributed by atoms with Crippen LogP contribution in [0.2, 0.25) is 0 Å². The van der Waals surface area contributed by atoms with E-state index in [0.717, 1.165) is 21.5 Å². The molecule has 0 radical (unpaired) electrons. The number of thiophene rings is 1. The van der Waals surface area contributed by atoms with E-state index in [0.29, 0.717) is 13.0 Å². The lowest BCUT2D eigenvalue weighted by atomic mass is 9.93. The van der Waals surface area contributed by atoms with Crippen LogP contribution in [-0.2, 0) is 11.2 Å². The van der Waals surface area contributed by atoms with Gasteiger partial charge >= 0.3 is 0 Å². The third-order valence-corrected chi connectivity index (χ3v) is 4.74. The number of hydrogen-bond donors (Lipinski definition) is 2. The summed E-state index contributed by atoms with van der Waals surface area (Å²) in [6.45, 7) is 4.59. The zero-order chi connectivity index (χ0) is 12.9. The summed E-state index contributed by atoms with van der Waals surface area (Å²) in [5.41, 5.74) is 5.51. The van der Waals surface area contributed by atoms with Crippen LogP contribution in [0, 0.1) is 0 Å². The molecule has 1 heterocycles. The largest absolute Gasteiger partial charge is 0.349 e. The SMILES string of the molecule is CCC(CC)(CN)NC(=O)Cc1ccc(Br)s1.Cl. The highest BCUT2D eigenvalue weighted by atomic mass is 79.9. The van der Waals surface area contributed by atoms with E-state index >= 15 is 0 Å². The maximum atomic E-state index is 11.9. The molecule has 1 rings (SSSR count). The molecular weight excluding hydrogens is 336 g/mol. The van der Waals surface area contributed by atoms with Crippen LogP contribution >= 0.6 is 39.7 Å². The minimum Gasteiger partial charge on any atom is -0.349 e. The molecule has 0 aliphatic heterocycles. The zero-order valence-electron chi connectivity index (χ0n) is 10.7. The summed E-state index contributed by atoms with van der Waals surface area (Å²) >= 11 is 4.98. The van der Waals surface area contributed by atoms with E-state index in [-0.39, 0.29) is 23.9 Å². The molecule has 0 unspecified atom stereocenters. The Morgan fingerprint density at radius 2 is 2.06 bits per heavy atom. The maximum absolute atomic E-state index is 11.9. The highest BCUT2D eigenvalue weighted by molar-refractivity contribution is 9.11. The molecule has 0 saturated carbocycles. The normalized spacial score (nSPS) is 10.9. The van der Waals surface area contributed by atoms with Gasteiger partial charge in [-0.2, -0.15) is 0 Å². The summed E-state index contributed by atoms with van der Waals surface area (Å²) in [4.78, 5) is 13.0. The monoisotopic (exact) mass is 354 g/mol. The second-order valence-electron chi connectivity index (χ2n) is 4.12. The van der Waals surface area contributed by atoms with Crippen molar-refractivity contribution in [1.29, 1.82) is 0 Å². The molecule has 0 atom stereocenters. The summed E-state index contributed by atoms with van der Waals surface area (Å²) in [6, 6.07) is 3.93. The van der Waals surface area contributed by atoms with Gasteiger partial charge in [0, 0.05) is 11.4 Å². The molecule has 0 aliphatic rings. The molecule has 3 nitrogen and oxygen atoms in total. The number of amides is 1. The Labute approximate surface area is 127 Å². The van der Waals surface area contributed by atoms with Gasteiger partial charge in [-0.05, 0) is 40.9 Å². The number of carbonyl (C=O) groups excluding carboxylic acids is 1. The Morgan fingerprint density at radius 1 is 1.44 bits per heavy atom. The number of halogens is 2. The van der Waals surface area contributed by atoms with Gasteiger partial charge in [-0.3, -0.25) is 4.79 Å². The summed E-state index contributed by atoms with van der Waals surface area (Å²) in [5, 5.41) is 3.06. The van der Waals surface area contributed by atoms with Crippen molar-refractivity contribution < 1.29 is 4.79 Å². The Balaban J connectivity index is 0.00000289. The molecule has 104 valence electrons. The van der Waals surface area contributed by atoms with Gasteiger partial charge in [0.1, 0.15) is 0 Å². The number of nitrogens with two attached hydrogens (primary N) is 1. The number of nitrogens with one attached hydrogen (secondary N) is 1. The summed E-state index contributed by atoms with van der Waals surface area (Å²) in [5.74, 6) is 0.0495. The maximum Gasteiger partial charge on any atom is 0.225 e. The van der Waals surface area contributed by atoms with Gasteiger partial charge in [0.25, 0.3) is 0 Å². The lowest BCUT2D eigenvalue weighted by Crippen LogP contribution is -2.53. The van der Waals surface area contributed by atoms with E-state index in [9.17, 15) is 4.79 Å². The van der Waals surface area contributed by atoms with Crippen molar-refractivity contribution in [2.45, 2.75) is 38.6 Å². The Kier molecular flexibility index (Phi) is 8.10. The molecule has 1 amide bonds. The minimum absolute atomic E-state index is 0. The van der Waals surface area contributed by atoms with Crippen LogP contribution in [0.5, 0.6) is 0 Å². The van der Waals surface area contributed by atoms with Crippen molar-refractivity contribution in [3.05, 3.63) is 20.8 Å². The zero-order valence-corrected chi connectivity index (χ0v) is 13.9. The molecule has 6 heteroatoms. The molecule has 0 fully saturated rings. The van der Waals surface area contributed by atoms with E-state index in [1.165, 1.54) is 0 Å². The van der Waals surface area contributed by atoms with E-state index in [2.05, 4.69) is 35.1 Å². The molecule has 18 heavy (non-hydrogen) atoms. The first-order chi connectivity index (χ1) is 8.05. The van der Waals surface area contributed by atoms with Gasteiger partial charge in [-0.25, -0.2) is 0 Å². The molecule has 1 aromatic rings. The van der Waals surface area contributed by atoms with Gasteiger partial charge in [0.15, 0.2) is 0 Å². The summed E-state index contributed by atoms with van der Waals surface area (Å²) < 4.78 is 1.05. The summed E-state index contributed by atoms with van der Waals surface area (Å²) in [6.07, 6.45) is 2.15. The van der Waals surface area contributed by atoms with Gasteiger partial charge in [0.05, 0.1) is 15.7 Å². The predicted molar refractivity (Wildman–Crippen MR) is 83.5 cm³/mol. The van der Waals surface area contributed by atoms with Crippen LogP contribution in [0.15, 0.2) is 15.9 Å². The van der Waals surface area contributed by atoms with Gasteiger partial charge in [-0.15, -0.1) is 23.7 Å². The second-order valence-corrected chi connectivity index (χ2v) is 6.67. The standard InChI is InChI=1S/C12H19BrN2OS.ClH/c1-3-12(4-2,8-14)15-11(16)7-9-5-6-10(13)17-9;/h5-6H,3-4,7-8,14H2,1-2H3,(H,15,16);1H. The first kappa shape index (κ1) is 17.9. The average Bonchev–Trinajstić information content (AvgIpc) is 2.72. The molecule has 0 bridgehead atoms. The fourth-order valence-electron chi connectivity index (χ4n) is 1.71. The Hall–Kier alpha value is -0.100. The lowest BCUT2D eigenvalue weighted by Gasteiger charge is -2.31. The van der Waals surface area contributed by atoms with Gasteiger partial charge < -0.3 is 11.1 Å². The quantitative estimate of drug-likeness (QED) is 0.824. The van der Waals surface area contributed by atoms with Crippen LogP contribution in [0.3, 0.4) is 0 Å². The number of carbonyl (C=O) groups is 1. The third kappa shape index (κ3) is 4.88. The second kappa shape index (κ2) is 8.15. The molecule has 0 aromatic carbocycles. The van der Waals surface area contributed by atoms with Gasteiger partial charge in [0.2, 0.25) is 5.91 Å². The predicted octanol–water partition coefficient (Wildman–Crippen LogP) is 3.11. The first-order valence-corrected chi connectivity index (χ1v) is 7.41. The van der Waals surface area contributed by atoms with Crippen molar-refractivity contribution in [3.8, 4) is 0 Å². The van der Waals surface area contributed by atoms with Crippen LogP contribution < -0.4 is 11.1 Å². The molecule has 0 aliphatic carbocycles.